The first-order valence-corrected chi connectivity index (χ1v) is 13.8. The first-order chi connectivity index (χ1) is 17.9. The molecule has 0 radical (unpaired) electrons. The summed E-state index contributed by atoms with van der Waals surface area (Å²) in [6, 6.07) is 15.7. The van der Waals surface area contributed by atoms with Crippen molar-refractivity contribution in [3.8, 4) is 28.4 Å². The number of nitrogens with one attached hydrogen (secondary N) is 2. The molecular weight excluding hydrogens is 510 g/mol. The number of hydrogen-bond acceptors (Lipinski definition) is 9. The molecule has 0 bridgehead atoms. The van der Waals surface area contributed by atoms with Gasteiger partial charge in [-0.3, -0.25) is 4.40 Å². The van der Waals surface area contributed by atoms with Crippen LogP contribution in [-0.2, 0) is 10.0 Å². The van der Waals surface area contributed by atoms with Crippen LogP contribution in [0.1, 0.15) is 6.42 Å². The van der Waals surface area contributed by atoms with Gasteiger partial charge in [0.1, 0.15) is 11.4 Å². The molecule has 3 heterocycles. The maximum Gasteiger partial charge on any atom is 0.240 e. The lowest BCUT2D eigenvalue weighted by Gasteiger charge is -2.09. The third kappa shape index (κ3) is 5.40. The molecule has 0 aliphatic rings. The highest BCUT2D eigenvalue weighted by atomic mass is 32.2. The number of ether oxygens (including phenoxy) is 1. The van der Waals surface area contributed by atoms with Gasteiger partial charge in [0.05, 0.1) is 23.4 Å². The van der Waals surface area contributed by atoms with Crippen molar-refractivity contribution in [2.45, 2.75) is 11.3 Å². The molecule has 0 atom stereocenters. The van der Waals surface area contributed by atoms with Crippen molar-refractivity contribution in [3.63, 3.8) is 0 Å². The van der Waals surface area contributed by atoms with Gasteiger partial charge in [-0.15, -0.1) is 11.3 Å². The standard InChI is InChI=1S/C25H25N7O3S2/c1-35-19-6-8-20(9-7-19)37(33,34)29-12-3-11-27-24-28-13-10-21(30-24)23-22(17-4-2-5-18(26)16-17)31-25-32(23)14-15-36-25/h2,4-10,13-16,29H,3,11-12,26H2,1H3,(H,27,28,30). The van der Waals surface area contributed by atoms with Crippen LogP contribution in [0, 0.1) is 0 Å². The SMILES string of the molecule is COc1ccc(S(=O)(=O)NCCCNc2nccc(-c3c(-c4cccc(N)c4)nc4sccn34)n2)cc1. The number of hydrogen-bond donors (Lipinski definition) is 3. The topological polar surface area (TPSA) is 137 Å². The fourth-order valence-corrected chi connectivity index (χ4v) is 5.61. The van der Waals surface area contributed by atoms with Gasteiger partial charge in [-0.25, -0.2) is 28.1 Å². The number of nitrogen functional groups attached to an aromatic ring is 1. The Labute approximate surface area is 218 Å². The number of nitrogens with two attached hydrogens (primary N) is 1. The van der Waals surface area contributed by atoms with E-state index in [0.717, 1.165) is 21.9 Å². The highest BCUT2D eigenvalue weighted by Crippen LogP contribution is 2.34. The Bertz CT molecular complexity index is 1630. The third-order valence-electron chi connectivity index (χ3n) is 5.62. The zero-order valence-electron chi connectivity index (χ0n) is 20.0. The Morgan fingerprint density at radius 3 is 2.70 bits per heavy atom. The van der Waals surface area contributed by atoms with E-state index in [1.807, 2.05) is 46.3 Å². The minimum absolute atomic E-state index is 0.189. The molecule has 190 valence electrons. The predicted octanol–water partition coefficient (Wildman–Crippen LogP) is 3.89. The number of fused-ring (bicyclic) bond motifs is 1. The van der Waals surface area contributed by atoms with Crippen LogP contribution >= 0.6 is 11.3 Å². The van der Waals surface area contributed by atoms with Crippen molar-refractivity contribution >= 4 is 38.0 Å². The summed E-state index contributed by atoms with van der Waals surface area (Å²) in [6.07, 6.45) is 4.19. The highest BCUT2D eigenvalue weighted by Gasteiger charge is 2.19. The second kappa shape index (κ2) is 10.5. The number of thiazole rings is 1. The van der Waals surface area contributed by atoms with E-state index in [2.05, 4.69) is 15.0 Å². The third-order valence-corrected chi connectivity index (χ3v) is 7.85. The smallest absolute Gasteiger partial charge is 0.240 e. The summed E-state index contributed by atoms with van der Waals surface area (Å²) in [7, 11) is -2.07. The van der Waals surface area contributed by atoms with Crippen LogP contribution in [0.15, 0.2) is 77.3 Å². The average molecular weight is 536 g/mol. The molecule has 0 saturated heterocycles. The van der Waals surface area contributed by atoms with Gasteiger partial charge in [0.2, 0.25) is 16.0 Å². The second-order valence-electron chi connectivity index (χ2n) is 8.11. The first-order valence-electron chi connectivity index (χ1n) is 11.5. The largest absolute Gasteiger partial charge is 0.497 e. The molecule has 0 saturated carbocycles. The van der Waals surface area contributed by atoms with E-state index in [1.165, 1.54) is 19.2 Å². The van der Waals surface area contributed by atoms with E-state index < -0.39 is 10.0 Å². The van der Waals surface area contributed by atoms with Crippen LogP contribution in [0.25, 0.3) is 27.6 Å². The maximum absolute atomic E-state index is 12.5. The summed E-state index contributed by atoms with van der Waals surface area (Å²) in [4.78, 5) is 14.9. The monoisotopic (exact) mass is 535 g/mol. The van der Waals surface area contributed by atoms with E-state index in [0.29, 0.717) is 36.0 Å². The molecule has 12 heteroatoms. The molecule has 3 aromatic heterocycles. The van der Waals surface area contributed by atoms with Crippen molar-refractivity contribution in [1.29, 1.82) is 0 Å². The molecule has 0 aliphatic carbocycles. The van der Waals surface area contributed by atoms with Crippen LogP contribution in [0.4, 0.5) is 11.6 Å². The number of methoxy groups -OCH3 is 1. The number of aromatic nitrogens is 4. The van der Waals surface area contributed by atoms with Crippen molar-refractivity contribution in [2.24, 2.45) is 0 Å². The Hall–Kier alpha value is -4.00. The number of anilines is 2. The fraction of sp³-hybridized carbons (Fsp3) is 0.160. The van der Waals surface area contributed by atoms with Crippen LogP contribution in [-0.4, -0.2) is 48.0 Å². The van der Waals surface area contributed by atoms with E-state index >= 15 is 0 Å². The lowest BCUT2D eigenvalue weighted by atomic mass is 10.1. The molecule has 37 heavy (non-hydrogen) atoms. The van der Waals surface area contributed by atoms with Crippen molar-refractivity contribution in [1.82, 2.24) is 24.1 Å². The summed E-state index contributed by atoms with van der Waals surface area (Å²) in [5.74, 6) is 1.04. The number of rotatable bonds is 10. The van der Waals surface area contributed by atoms with E-state index in [-0.39, 0.29) is 11.4 Å². The molecular formula is C25H25N7O3S2. The lowest BCUT2D eigenvalue weighted by Crippen LogP contribution is -2.26. The highest BCUT2D eigenvalue weighted by molar-refractivity contribution is 7.89. The summed E-state index contributed by atoms with van der Waals surface area (Å²) < 4.78 is 34.7. The fourth-order valence-electron chi connectivity index (χ4n) is 3.83. The molecule has 5 aromatic rings. The number of sulfonamides is 1. The molecule has 2 aromatic carbocycles. The second-order valence-corrected chi connectivity index (χ2v) is 10.7. The van der Waals surface area contributed by atoms with Gasteiger partial charge in [-0.05, 0) is 48.9 Å². The minimum Gasteiger partial charge on any atom is -0.497 e. The van der Waals surface area contributed by atoms with Crippen molar-refractivity contribution in [3.05, 3.63) is 72.4 Å². The molecule has 10 nitrogen and oxygen atoms in total. The van der Waals surface area contributed by atoms with Gasteiger partial charge in [-0.2, -0.15) is 0 Å². The first kappa shape index (κ1) is 24.7. The molecule has 0 fully saturated rings. The minimum atomic E-state index is -3.60. The quantitative estimate of drug-likeness (QED) is 0.181. The van der Waals surface area contributed by atoms with Gasteiger partial charge < -0.3 is 15.8 Å². The van der Waals surface area contributed by atoms with Gasteiger partial charge in [0.15, 0.2) is 4.96 Å². The summed E-state index contributed by atoms with van der Waals surface area (Å²) in [5, 5.41) is 5.15. The lowest BCUT2D eigenvalue weighted by molar-refractivity contribution is 0.414. The Kier molecular flexibility index (Phi) is 7.04. The predicted molar refractivity (Wildman–Crippen MR) is 145 cm³/mol. The number of benzene rings is 2. The van der Waals surface area contributed by atoms with Crippen molar-refractivity contribution < 1.29 is 13.2 Å². The molecule has 0 amide bonds. The summed E-state index contributed by atoms with van der Waals surface area (Å²) in [5.41, 5.74) is 9.92. The normalized spacial score (nSPS) is 11.6. The van der Waals surface area contributed by atoms with Crippen LogP contribution in [0.5, 0.6) is 5.75 Å². The van der Waals surface area contributed by atoms with Crippen molar-refractivity contribution in [2.75, 3.05) is 31.2 Å². The van der Waals surface area contributed by atoms with Crippen LogP contribution in [0.3, 0.4) is 0 Å². The molecule has 0 spiro atoms. The Morgan fingerprint density at radius 1 is 1.08 bits per heavy atom. The van der Waals surface area contributed by atoms with E-state index in [9.17, 15) is 8.42 Å². The van der Waals surface area contributed by atoms with Gasteiger partial charge in [0, 0.05) is 42.1 Å². The van der Waals surface area contributed by atoms with E-state index in [4.69, 9.17) is 20.4 Å². The maximum atomic E-state index is 12.5. The zero-order valence-corrected chi connectivity index (χ0v) is 21.6. The van der Waals surface area contributed by atoms with Crippen LogP contribution < -0.4 is 20.5 Å². The Balaban J connectivity index is 1.26. The zero-order chi connectivity index (χ0) is 25.8. The summed E-state index contributed by atoms with van der Waals surface area (Å²) >= 11 is 1.54. The average Bonchev–Trinajstić information content (AvgIpc) is 3.50. The molecule has 0 aliphatic heterocycles. The number of imidazole rings is 1. The Morgan fingerprint density at radius 2 is 1.92 bits per heavy atom. The molecule has 5 rings (SSSR count). The number of nitrogens with zero attached hydrogens (tertiary/aromatic N) is 4. The van der Waals surface area contributed by atoms with Gasteiger partial charge in [-0.1, -0.05) is 12.1 Å². The van der Waals surface area contributed by atoms with Gasteiger partial charge >= 0.3 is 0 Å². The van der Waals surface area contributed by atoms with Gasteiger partial charge in [0.25, 0.3) is 0 Å². The molecule has 0 unspecified atom stereocenters. The molecule has 4 N–H and O–H groups in total. The summed E-state index contributed by atoms with van der Waals surface area (Å²) in [6.45, 7) is 0.746. The van der Waals surface area contributed by atoms with Crippen LogP contribution in [0.2, 0.25) is 0 Å². The van der Waals surface area contributed by atoms with E-state index in [1.54, 1.807) is 29.7 Å².